The lowest BCUT2D eigenvalue weighted by molar-refractivity contribution is -0.142. The molecule has 11 heteroatoms. The molecule has 0 aliphatic heterocycles. The molecular weight excluding hydrogens is 442 g/mol. The van der Waals surface area contributed by atoms with E-state index in [9.17, 15) is 19.2 Å². The number of amides is 2. The fourth-order valence-electron chi connectivity index (χ4n) is 2.76. The van der Waals surface area contributed by atoms with Crippen LogP contribution in [-0.4, -0.2) is 60.4 Å². The molecule has 0 aromatic heterocycles. The number of nitrogens with two attached hydrogens (primary N) is 1. The van der Waals surface area contributed by atoms with Crippen LogP contribution in [0.1, 0.15) is 35.2 Å². The summed E-state index contributed by atoms with van der Waals surface area (Å²) in [5.74, 6) is -2.14. The summed E-state index contributed by atoms with van der Waals surface area (Å²) in [7, 11) is 3.51. The lowest BCUT2D eigenvalue weighted by Crippen LogP contribution is -2.41. The topological polar surface area (TPSA) is 164 Å². The molecular formula is C23H27N5O6. The monoisotopic (exact) mass is 469 g/mol. The zero-order valence-electron chi connectivity index (χ0n) is 18.9. The van der Waals surface area contributed by atoms with Crippen LogP contribution in [-0.2, 0) is 14.4 Å². The molecule has 0 fully saturated rings. The molecule has 0 saturated carbocycles. The van der Waals surface area contributed by atoms with Gasteiger partial charge >= 0.3 is 5.97 Å². The summed E-state index contributed by atoms with van der Waals surface area (Å²) in [6.45, 7) is 0.00422. The maximum absolute atomic E-state index is 12.7. The first-order chi connectivity index (χ1) is 16.2. The number of benzene rings is 2. The Labute approximate surface area is 196 Å². The molecule has 0 spiro atoms. The molecule has 2 aromatic carbocycles. The standard InChI is InChI=1S/C23H27N5O6/c1-28(2)27-26-17-7-3-15(4-8-17)22(31)16-5-9-18(10-6-16)34-14-13-21(30)25-19(23(32)33)11-12-20(24)29/h3-10,19H,11-14H2,1-2H3,(H2,24,29)(H,25,30)(H,32,33). The van der Waals surface area contributed by atoms with Crippen LogP contribution in [0.15, 0.2) is 58.9 Å². The Morgan fingerprint density at radius 2 is 1.59 bits per heavy atom. The van der Waals surface area contributed by atoms with E-state index in [1.807, 2.05) is 0 Å². The second-order valence-corrected chi connectivity index (χ2v) is 7.50. The van der Waals surface area contributed by atoms with Crippen molar-refractivity contribution in [1.82, 2.24) is 10.3 Å². The van der Waals surface area contributed by atoms with E-state index in [0.717, 1.165) is 0 Å². The molecule has 1 unspecified atom stereocenters. The molecule has 2 rings (SSSR count). The van der Waals surface area contributed by atoms with Crippen LogP contribution in [0.4, 0.5) is 5.69 Å². The Kier molecular flexibility index (Phi) is 9.69. The van der Waals surface area contributed by atoms with Crippen molar-refractivity contribution >= 4 is 29.3 Å². The van der Waals surface area contributed by atoms with E-state index < -0.39 is 23.8 Å². The number of hydrogen-bond donors (Lipinski definition) is 3. The lowest BCUT2D eigenvalue weighted by atomic mass is 10.0. The maximum atomic E-state index is 12.7. The van der Waals surface area contributed by atoms with Gasteiger partial charge in [0.15, 0.2) is 5.78 Å². The van der Waals surface area contributed by atoms with Crippen molar-refractivity contribution in [3.8, 4) is 5.75 Å². The van der Waals surface area contributed by atoms with E-state index in [2.05, 4.69) is 15.7 Å². The average molecular weight is 469 g/mol. The van der Waals surface area contributed by atoms with Crippen LogP contribution < -0.4 is 15.8 Å². The van der Waals surface area contributed by atoms with Crippen molar-refractivity contribution in [3.05, 3.63) is 59.7 Å². The highest BCUT2D eigenvalue weighted by molar-refractivity contribution is 6.09. The summed E-state index contributed by atoms with van der Waals surface area (Å²) in [5, 5.41) is 20.9. The van der Waals surface area contributed by atoms with Gasteiger partial charge < -0.3 is 20.9 Å². The summed E-state index contributed by atoms with van der Waals surface area (Å²) < 4.78 is 5.50. The second-order valence-electron chi connectivity index (χ2n) is 7.50. The summed E-state index contributed by atoms with van der Waals surface area (Å²) in [5.41, 5.74) is 6.60. The van der Waals surface area contributed by atoms with Gasteiger partial charge in [0.1, 0.15) is 11.8 Å². The van der Waals surface area contributed by atoms with Crippen molar-refractivity contribution in [3.63, 3.8) is 0 Å². The fraction of sp³-hybridized carbons (Fsp3) is 0.304. The van der Waals surface area contributed by atoms with Gasteiger partial charge in [-0.05, 0) is 55.0 Å². The van der Waals surface area contributed by atoms with Crippen molar-refractivity contribution in [2.75, 3.05) is 20.7 Å². The first kappa shape index (κ1) is 26.0. The maximum Gasteiger partial charge on any atom is 0.326 e. The molecule has 0 radical (unpaired) electrons. The number of aliphatic carboxylic acids is 1. The fourth-order valence-corrected chi connectivity index (χ4v) is 2.76. The Morgan fingerprint density at radius 3 is 2.12 bits per heavy atom. The zero-order valence-corrected chi connectivity index (χ0v) is 18.9. The number of carbonyl (C=O) groups excluding carboxylic acids is 3. The van der Waals surface area contributed by atoms with Gasteiger partial charge in [-0.2, -0.15) is 0 Å². The van der Waals surface area contributed by atoms with E-state index in [4.69, 9.17) is 15.6 Å². The highest BCUT2D eigenvalue weighted by atomic mass is 16.5. The van der Waals surface area contributed by atoms with Gasteiger partial charge in [-0.3, -0.25) is 19.4 Å². The zero-order chi connectivity index (χ0) is 25.1. The Balaban J connectivity index is 1.85. The van der Waals surface area contributed by atoms with Crippen LogP contribution in [0.5, 0.6) is 5.75 Å². The highest BCUT2D eigenvalue weighted by Gasteiger charge is 2.20. The number of hydrogen-bond acceptors (Lipinski definition) is 7. The number of nitrogens with zero attached hydrogens (tertiary/aromatic N) is 3. The van der Waals surface area contributed by atoms with Crippen molar-refractivity contribution in [2.24, 2.45) is 16.1 Å². The van der Waals surface area contributed by atoms with Gasteiger partial charge in [-0.1, -0.05) is 5.22 Å². The summed E-state index contributed by atoms with van der Waals surface area (Å²) >= 11 is 0. The van der Waals surface area contributed by atoms with Crippen LogP contribution in [0, 0.1) is 0 Å². The number of carbonyl (C=O) groups is 4. The van der Waals surface area contributed by atoms with Crippen LogP contribution in [0.25, 0.3) is 0 Å². The van der Waals surface area contributed by atoms with Gasteiger partial charge in [0.2, 0.25) is 11.8 Å². The highest BCUT2D eigenvalue weighted by Crippen LogP contribution is 2.19. The SMILES string of the molecule is CN(C)N=Nc1ccc(C(=O)c2ccc(OCCC(=O)NC(CCC(N)=O)C(=O)O)cc2)cc1. The molecule has 0 aliphatic carbocycles. The normalized spacial score (nSPS) is 11.6. The molecule has 1 atom stereocenters. The third-order valence-corrected chi connectivity index (χ3v) is 4.50. The smallest absolute Gasteiger partial charge is 0.326 e. The van der Waals surface area contributed by atoms with Crippen LogP contribution in [0.2, 0.25) is 0 Å². The van der Waals surface area contributed by atoms with Crippen molar-refractivity contribution in [1.29, 1.82) is 0 Å². The molecule has 0 heterocycles. The second kappa shape index (κ2) is 12.7. The Bertz CT molecular complexity index is 1030. The quantitative estimate of drug-likeness (QED) is 0.230. The average Bonchev–Trinajstić information content (AvgIpc) is 2.80. The molecule has 0 aliphatic rings. The minimum absolute atomic E-state index is 0.00422. The van der Waals surface area contributed by atoms with Gasteiger partial charge in [0.05, 0.1) is 18.7 Å². The van der Waals surface area contributed by atoms with Crippen molar-refractivity contribution < 1.29 is 29.0 Å². The predicted molar refractivity (Wildman–Crippen MR) is 123 cm³/mol. The largest absolute Gasteiger partial charge is 0.493 e. The number of ether oxygens (including phenoxy) is 1. The number of carboxylic acid groups (broad SMARTS) is 1. The van der Waals surface area contributed by atoms with Gasteiger partial charge in [0, 0.05) is 31.6 Å². The molecule has 180 valence electrons. The minimum atomic E-state index is -1.25. The summed E-state index contributed by atoms with van der Waals surface area (Å²) in [4.78, 5) is 46.6. The lowest BCUT2D eigenvalue weighted by Gasteiger charge is -2.14. The van der Waals surface area contributed by atoms with Gasteiger partial charge in [-0.25, -0.2) is 4.79 Å². The first-order valence-electron chi connectivity index (χ1n) is 10.4. The van der Waals surface area contributed by atoms with E-state index in [1.165, 1.54) is 0 Å². The predicted octanol–water partition coefficient (Wildman–Crippen LogP) is 2.08. The van der Waals surface area contributed by atoms with Crippen LogP contribution >= 0.6 is 0 Å². The molecule has 11 nitrogen and oxygen atoms in total. The number of ketones is 1. The third-order valence-electron chi connectivity index (χ3n) is 4.50. The van der Waals surface area contributed by atoms with Crippen LogP contribution in [0.3, 0.4) is 0 Å². The third kappa shape index (κ3) is 8.69. The molecule has 0 bridgehead atoms. The van der Waals surface area contributed by atoms with Gasteiger partial charge in [-0.15, -0.1) is 5.11 Å². The number of nitrogens with one attached hydrogen (secondary N) is 1. The van der Waals surface area contributed by atoms with E-state index >= 15 is 0 Å². The number of primary amides is 1. The number of rotatable bonds is 13. The van der Waals surface area contributed by atoms with Gasteiger partial charge in [0.25, 0.3) is 0 Å². The van der Waals surface area contributed by atoms with E-state index in [1.54, 1.807) is 67.6 Å². The molecule has 4 N–H and O–H groups in total. The van der Waals surface area contributed by atoms with E-state index in [0.29, 0.717) is 22.6 Å². The molecule has 2 amide bonds. The summed E-state index contributed by atoms with van der Waals surface area (Å²) in [6, 6.07) is 12.0. The summed E-state index contributed by atoms with van der Waals surface area (Å²) in [6.07, 6.45) is -0.321. The first-order valence-corrected chi connectivity index (χ1v) is 10.4. The Morgan fingerprint density at radius 1 is 1.00 bits per heavy atom. The van der Waals surface area contributed by atoms with Crippen molar-refractivity contribution in [2.45, 2.75) is 25.3 Å². The van der Waals surface area contributed by atoms with E-state index in [-0.39, 0.29) is 31.7 Å². The molecule has 34 heavy (non-hydrogen) atoms. The number of carboxylic acids is 1. The Hall–Kier alpha value is -4.28. The molecule has 0 saturated heterocycles. The molecule has 2 aromatic rings. The minimum Gasteiger partial charge on any atom is -0.493 e.